The number of carbonyl (C=O) groups excluding carboxylic acids is 1. The summed E-state index contributed by atoms with van der Waals surface area (Å²) in [5.74, 6) is 0.0381. The monoisotopic (exact) mass is 327 g/mol. The first-order valence-corrected chi connectivity index (χ1v) is 8.13. The van der Waals surface area contributed by atoms with Crippen LogP contribution in [0.3, 0.4) is 0 Å². The molecule has 24 heavy (non-hydrogen) atoms. The SMILES string of the molecule is COC(C)(C)c1ccc(C(=O)CCc2c(C)cc(C)[nH]c2=O)cc1. The van der Waals surface area contributed by atoms with Crippen molar-refractivity contribution in [1.82, 2.24) is 4.98 Å². The maximum absolute atomic E-state index is 12.4. The smallest absolute Gasteiger partial charge is 0.251 e. The number of hydrogen-bond acceptors (Lipinski definition) is 3. The second-order valence-corrected chi connectivity index (χ2v) is 6.66. The second-order valence-electron chi connectivity index (χ2n) is 6.66. The third-order valence-electron chi connectivity index (χ3n) is 4.51. The van der Waals surface area contributed by atoms with Crippen LogP contribution in [-0.4, -0.2) is 17.9 Å². The summed E-state index contributed by atoms with van der Waals surface area (Å²) in [7, 11) is 1.67. The van der Waals surface area contributed by atoms with Crippen molar-refractivity contribution < 1.29 is 9.53 Å². The van der Waals surface area contributed by atoms with E-state index in [1.807, 2.05) is 58.0 Å². The van der Waals surface area contributed by atoms with Crippen molar-refractivity contribution >= 4 is 5.78 Å². The maximum atomic E-state index is 12.4. The first kappa shape index (κ1) is 18.1. The van der Waals surface area contributed by atoms with Gasteiger partial charge in [0.25, 0.3) is 5.56 Å². The van der Waals surface area contributed by atoms with Gasteiger partial charge in [0.1, 0.15) is 0 Å². The Morgan fingerprint density at radius 2 is 1.79 bits per heavy atom. The van der Waals surface area contributed by atoms with Gasteiger partial charge in [-0.05, 0) is 51.3 Å². The number of aromatic amines is 1. The molecular weight excluding hydrogens is 302 g/mol. The number of methoxy groups -OCH3 is 1. The highest BCUT2D eigenvalue weighted by Crippen LogP contribution is 2.24. The van der Waals surface area contributed by atoms with E-state index in [0.717, 1.165) is 16.8 Å². The lowest BCUT2D eigenvalue weighted by atomic mass is 9.95. The number of H-pyrrole nitrogens is 1. The van der Waals surface area contributed by atoms with Crippen molar-refractivity contribution in [2.24, 2.45) is 0 Å². The fraction of sp³-hybridized carbons (Fsp3) is 0.400. The molecule has 128 valence electrons. The number of ether oxygens (including phenoxy) is 1. The van der Waals surface area contributed by atoms with Crippen molar-refractivity contribution in [2.45, 2.75) is 46.1 Å². The summed E-state index contributed by atoms with van der Waals surface area (Å²) >= 11 is 0. The molecular formula is C20H25NO3. The minimum atomic E-state index is -0.381. The standard InChI is InChI=1S/C20H25NO3/c1-13-12-14(2)21-19(23)17(13)10-11-18(22)15-6-8-16(9-7-15)20(3,4)24-5/h6-9,12H,10-11H2,1-5H3,(H,21,23). The maximum Gasteiger partial charge on any atom is 0.251 e. The zero-order valence-corrected chi connectivity index (χ0v) is 15.0. The van der Waals surface area contributed by atoms with Crippen LogP contribution in [0, 0.1) is 13.8 Å². The Bertz CT molecular complexity index is 786. The van der Waals surface area contributed by atoms with Gasteiger partial charge >= 0.3 is 0 Å². The van der Waals surface area contributed by atoms with E-state index in [2.05, 4.69) is 4.98 Å². The van der Waals surface area contributed by atoms with E-state index in [9.17, 15) is 9.59 Å². The van der Waals surface area contributed by atoms with E-state index in [1.54, 1.807) is 7.11 Å². The molecule has 0 atom stereocenters. The molecule has 0 aliphatic rings. The van der Waals surface area contributed by atoms with Crippen LogP contribution in [0.1, 0.15) is 53.0 Å². The molecule has 1 N–H and O–H groups in total. The molecule has 1 aromatic carbocycles. The second kappa shape index (κ2) is 7.14. The average Bonchev–Trinajstić information content (AvgIpc) is 2.53. The van der Waals surface area contributed by atoms with E-state index < -0.39 is 0 Å². The topological polar surface area (TPSA) is 59.2 Å². The first-order valence-electron chi connectivity index (χ1n) is 8.13. The van der Waals surface area contributed by atoms with Crippen molar-refractivity contribution in [2.75, 3.05) is 7.11 Å². The molecule has 0 unspecified atom stereocenters. The number of aromatic nitrogens is 1. The van der Waals surface area contributed by atoms with E-state index in [4.69, 9.17) is 4.74 Å². The minimum Gasteiger partial charge on any atom is -0.374 e. The van der Waals surface area contributed by atoms with E-state index in [1.165, 1.54) is 0 Å². The summed E-state index contributed by atoms with van der Waals surface area (Å²) in [5.41, 5.74) is 3.65. The molecule has 0 radical (unpaired) electrons. The molecule has 1 aromatic heterocycles. The Balaban J connectivity index is 2.10. The molecule has 0 aliphatic heterocycles. The summed E-state index contributed by atoms with van der Waals surface area (Å²) in [4.78, 5) is 27.2. The van der Waals surface area contributed by atoms with Gasteiger partial charge in [0.15, 0.2) is 5.78 Å². The van der Waals surface area contributed by atoms with Gasteiger partial charge in [0.05, 0.1) is 5.60 Å². The van der Waals surface area contributed by atoms with Crippen molar-refractivity contribution in [3.8, 4) is 0 Å². The van der Waals surface area contributed by atoms with Gasteiger partial charge in [-0.3, -0.25) is 9.59 Å². The number of Topliss-reactive ketones (excluding diaryl/α,β-unsaturated/α-hetero) is 1. The highest BCUT2D eigenvalue weighted by molar-refractivity contribution is 5.96. The number of rotatable bonds is 6. The van der Waals surface area contributed by atoms with Crippen molar-refractivity contribution in [3.05, 3.63) is 68.6 Å². The van der Waals surface area contributed by atoms with Gasteiger partial charge in [-0.2, -0.15) is 0 Å². The average molecular weight is 327 g/mol. The van der Waals surface area contributed by atoms with E-state index in [0.29, 0.717) is 24.0 Å². The third-order valence-corrected chi connectivity index (χ3v) is 4.51. The number of pyridine rings is 1. The summed E-state index contributed by atoms with van der Waals surface area (Å²) in [5, 5.41) is 0. The highest BCUT2D eigenvalue weighted by Gasteiger charge is 2.19. The number of hydrogen-bond donors (Lipinski definition) is 1. The molecule has 0 saturated heterocycles. The number of nitrogens with one attached hydrogen (secondary N) is 1. The predicted octanol–water partition coefficient (Wildman–Crippen LogP) is 3.69. The first-order chi connectivity index (χ1) is 11.2. The van der Waals surface area contributed by atoms with Gasteiger partial charge in [-0.1, -0.05) is 24.3 Å². The van der Waals surface area contributed by atoms with Crippen LogP contribution < -0.4 is 5.56 Å². The van der Waals surface area contributed by atoms with Crippen LogP contribution >= 0.6 is 0 Å². The van der Waals surface area contributed by atoms with Crippen LogP contribution in [0.5, 0.6) is 0 Å². The van der Waals surface area contributed by atoms with Crippen LogP contribution in [0.2, 0.25) is 0 Å². The number of aryl methyl sites for hydroxylation is 2. The van der Waals surface area contributed by atoms with Crippen LogP contribution in [0.25, 0.3) is 0 Å². The Morgan fingerprint density at radius 1 is 1.17 bits per heavy atom. The summed E-state index contributed by atoms with van der Waals surface area (Å²) < 4.78 is 5.44. The molecule has 1 heterocycles. The number of carbonyl (C=O) groups is 1. The predicted molar refractivity (Wildman–Crippen MR) is 95.7 cm³/mol. The fourth-order valence-electron chi connectivity index (χ4n) is 2.75. The van der Waals surface area contributed by atoms with Gasteiger partial charge in [-0.15, -0.1) is 0 Å². The molecule has 4 heteroatoms. The van der Waals surface area contributed by atoms with Gasteiger partial charge < -0.3 is 9.72 Å². The number of benzene rings is 1. The zero-order chi connectivity index (χ0) is 17.9. The zero-order valence-electron chi connectivity index (χ0n) is 15.0. The van der Waals surface area contributed by atoms with Crippen molar-refractivity contribution in [1.29, 1.82) is 0 Å². The Labute approximate surface area is 142 Å². The van der Waals surface area contributed by atoms with Crippen molar-refractivity contribution in [3.63, 3.8) is 0 Å². The largest absolute Gasteiger partial charge is 0.374 e. The summed E-state index contributed by atoms with van der Waals surface area (Å²) in [6.07, 6.45) is 0.769. The molecule has 4 nitrogen and oxygen atoms in total. The van der Waals surface area contributed by atoms with Crippen LogP contribution in [0.4, 0.5) is 0 Å². The summed E-state index contributed by atoms with van der Waals surface area (Å²) in [6, 6.07) is 9.42. The Kier molecular flexibility index (Phi) is 5.40. The molecule has 0 amide bonds. The molecule has 0 aliphatic carbocycles. The lowest BCUT2D eigenvalue weighted by Crippen LogP contribution is -2.19. The number of ketones is 1. The Morgan fingerprint density at radius 3 is 2.33 bits per heavy atom. The van der Waals surface area contributed by atoms with Gasteiger partial charge in [-0.25, -0.2) is 0 Å². The summed E-state index contributed by atoms with van der Waals surface area (Å²) in [6.45, 7) is 7.72. The fourth-order valence-corrected chi connectivity index (χ4v) is 2.75. The normalized spacial score (nSPS) is 11.5. The molecule has 0 saturated carbocycles. The molecule has 2 aromatic rings. The highest BCUT2D eigenvalue weighted by atomic mass is 16.5. The lowest BCUT2D eigenvalue weighted by Gasteiger charge is -2.23. The lowest BCUT2D eigenvalue weighted by molar-refractivity contribution is 0.0192. The minimum absolute atomic E-state index is 0.0381. The van der Waals surface area contributed by atoms with Crippen LogP contribution in [-0.2, 0) is 16.8 Å². The third kappa shape index (κ3) is 4.01. The van der Waals surface area contributed by atoms with E-state index >= 15 is 0 Å². The quantitative estimate of drug-likeness (QED) is 0.823. The Hall–Kier alpha value is -2.20. The molecule has 2 rings (SSSR count). The molecule has 0 fully saturated rings. The molecule has 0 spiro atoms. The van der Waals surface area contributed by atoms with Crippen LogP contribution in [0.15, 0.2) is 35.1 Å². The molecule has 0 bridgehead atoms. The van der Waals surface area contributed by atoms with Gasteiger partial charge in [0.2, 0.25) is 0 Å². The van der Waals surface area contributed by atoms with E-state index in [-0.39, 0.29) is 16.9 Å². The van der Waals surface area contributed by atoms with Gasteiger partial charge in [0, 0.05) is 30.4 Å².